The first-order valence-corrected chi connectivity index (χ1v) is 9.95. The quantitative estimate of drug-likeness (QED) is 0.694. The van der Waals surface area contributed by atoms with Crippen LogP contribution in [0.1, 0.15) is 40.0 Å². The molecular formula is C21H45N3O2. The first-order valence-electron chi connectivity index (χ1n) is 9.95. The zero-order chi connectivity index (χ0) is 20.3. The van der Waals surface area contributed by atoms with E-state index in [4.69, 9.17) is 9.84 Å². The Morgan fingerprint density at radius 3 is 1.81 bits per heavy atom. The summed E-state index contributed by atoms with van der Waals surface area (Å²) in [6.07, 6.45) is 12.2. The predicted octanol–water partition coefficient (Wildman–Crippen LogP) is 2.98. The van der Waals surface area contributed by atoms with Crippen LogP contribution in [0.15, 0.2) is 24.4 Å². The lowest BCUT2D eigenvalue weighted by atomic mass is 9.80. The summed E-state index contributed by atoms with van der Waals surface area (Å²) in [4.78, 5) is 4.70. The van der Waals surface area contributed by atoms with E-state index in [0.29, 0.717) is 5.41 Å². The molecule has 0 unspecified atom stereocenters. The Kier molecular flexibility index (Phi) is 19.9. The molecule has 0 bridgehead atoms. The third-order valence-corrected chi connectivity index (χ3v) is 4.52. The molecule has 0 radical (unpaired) electrons. The highest BCUT2D eigenvalue weighted by Crippen LogP contribution is 2.38. The Balaban J connectivity index is 0. The van der Waals surface area contributed by atoms with Gasteiger partial charge in [0.1, 0.15) is 0 Å². The van der Waals surface area contributed by atoms with Gasteiger partial charge < -0.3 is 20.1 Å². The van der Waals surface area contributed by atoms with Gasteiger partial charge in [-0.2, -0.15) is 0 Å². The zero-order valence-corrected chi connectivity index (χ0v) is 18.4. The minimum Gasteiger partial charge on any atom is -0.400 e. The predicted molar refractivity (Wildman–Crippen MR) is 115 cm³/mol. The van der Waals surface area contributed by atoms with Crippen LogP contribution in [-0.4, -0.2) is 82.6 Å². The van der Waals surface area contributed by atoms with Crippen LogP contribution in [0.2, 0.25) is 0 Å². The highest BCUT2D eigenvalue weighted by Gasteiger charge is 2.37. The molecule has 5 heteroatoms. The van der Waals surface area contributed by atoms with Gasteiger partial charge in [0.2, 0.25) is 0 Å². The van der Waals surface area contributed by atoms with Crippen LogP contribution in [0.4, 0.5) is 0 Å². The van der Waals surface area contributed by atoms with Crippen molar-refractivity contribution in [2.75, 3.05) is 67.6 Å². The van der Waals surface area contributed by atoms with E-state index in [0.717, 1.165) is 33.4 Å². The summed E-state index contributed by atoms with van der Waals surface area (Å²) in [7, 11) is 7.21. The fraction of sp³-hybridized carbons (Fsp3) is 0.810. The van der Waals surface area contributed by atoms with E-state index in [9.17, 15) is 0 Å². The molecule has 0 aromatic heterocycles. The van der Waals surface area contributed by atoms with E-state index < -0.39 is 0 Å². The molecule has 2 fully saturated rings. The number of rotatable bonds is 1. The van der Waals surface area contributed by atoms with Gasteiger partial charge in [-0.15, -0.1) is 0 Å². The second kappa shape index (κ2) is 18.9. The SMILES string of the molecule is C/C=C\NC.CC.CN1CC=CC1.CN1CCC2(CCOCC2)C1.CO. The maximum absolute atomic E-state index is 7.00. The Morgan fingerprint density at radius 1 is 1.00 bits per heavy atom. The minimum atomic E-state index is 0.646. The number of nitrogens with zero attached hydrogens (tertiary/aromatic N) is 2. The van der Waals surface area contributed by atoms with Crippen LogP contribution in [0.25, 0.3) is 0 Å². The molecule has 1 spiro atoms. The van der Waals surface area contributed by atoms with Crippen LogP contribution >= 0.6 is 0 Å². The first kappa shape index (κ1) is 27.3. The van der Waals surface area contributed by atoms with Crippen molar-refractivity contribution >= 4 is 0 Å². The monoisotopic (exact) mass is 371 g/mol. The van der Waals surface area contributed by atoms with Crippen molar-refractivity contribution in [1.82, 2.24) is 15.1 Å². The van der Waals surface area contributed by atoms with Crippen LogP contribution in [0, 0.1) is 5.41 Å². The van der Waals surface area contributed by atoms with E-state index in [1.54, 1.807) is 0 Å². The van der Waals surface area contributed by atoms with Crippen molar-refractivity contribution in [1.29, 1.82) is 0 Å². The summed E-state index contributed by atoms with van der Waals surface area (Å²) in [6.45, 7) is 12.8. The van der Waals surface area contributed by atoms with Gasteiger partial charge >= 0.3 is 0 Å². The van der Waals surface area contributed by atoms with Gasteiger partial charge in [0, 0.05) is 47.0 Å². The standard InChI is InChI=1S/C9H17NO.C5H9N.C4H9N.C2H6.CH4O/c1-10-5-2-9(8-10)3-6-11-7-4-9;1-6-4-2-3-5-6;1-3-4-5-2;2*1-2/h2-8H2,1H3;2-3H,4-5H2,1H3;3-5H,1-2H3;1-2H3;2H,1H3/b;;4-3-;;. The molecule has 5 nitrogen and oxygen atoms in total. The number of aliphatic hydroxyl groups excluding tert-OH is 1. The van der Waals surface area contributed by atoms with E-state index in [-0.39, 0.29) is 0 Å². The Hall–Kier alpha value is -0.880. The van der Waals surface area contributed by atoms with Crippen molar-refractivity contribution in [3.63, 3.8) is 0 Å². The van der Waals surface area contributed by atoms with Crippen molar-refractivity contribution in [2.24, 2.45) is 5.41 Å². The number of likely N-dealkylation sites (N-methyl/N-ethyl adjacent to an activating group) is 1. The van der Waals surface area contributed by atoms with Gasteiger partial charge in [-0.05, 0) is 58.4 Å². The molecule has 3 heterocycles. The Morgan fingerprint density at radius 2 is 1.54 bits per heavy atom. The summed E-state index contributed by atoms with van der Waals surface area (Å²) in [5.41, 5.74) is 0.646. The topological polar surface area (TPSA) is 48.0 Å². The average Bonchev–Trinajstić information content (AvgIpc) is 3.30. The number of hydrogen-bond donors (Lipinski definition) is 2. The largest absolute Gasteiger partial charge is 0.400 e. The molecule has 0 atom stereocenters. The van der Waals surface area contributed by atoms with Crippen molar-refractivity contribution in [3.8, 4) is 0 Å². The summed E-state index contributed by atoms with van der Waals surface area (Å²) >= 11 is 0. The van der Waals surface area contributed by atoms with E-state index in [2.05, 4.69) is 41.4 Å². The maximum atomic E-state index is 7.00. The average molecular weight is 372 g/mol. The fourth-order valence-electron chi connectivity index (χ4n) is 3.12. The molecule has 156 valence electrons. The molecule has 3 aliphatic rings. The molecule has 0 aromatic rings. The Bertz CT molecular complexity index is 327. The third kappa shape index (κ3) is 13.3. The first-order chi connectivity index (χ1) is 12.6. The molecule has 2 saturated heterocycles. The lowest BCUT2D eigenvalue weighted by Crippen LogP contribution is -2.31. The van der Waals surface area contributed by atoms with Crippen LogP contribution in [-0.2, 0) is 4.74 Å². The number of allylic oxidation sites excluding steroid dienone is 1. The third-order valence-electron chi connectivity index (χ3n) is 4.52. The number of likely N-dealkylation sites (tertiary alicyclic amines) is 1. The summed E-state index contributed by atoms with van der Waals surface area (Å²) in [5, 5.41) is 9.84. The van der Waals surface area contributed by atoms with E-state index in [1.807, 2.05) is 40.1 Å². The molecule has 3 aliphatic heterocycles. The molecule has 0 aromatic carbocycles. The fourth-order valence-corrected chi connectivity index (χ4v) is 3.12. The van der Waals surface area contributed by atoms with Crippen molar-refractivity contribution < 1.29 is 9.84 Å². The molecule has 0 aliphatic carbocycles. The molecule has 0 saturated carbocycles. The second-order valence-corrected chi connectivity index (χ2v) is 6.58. The lowest BCUT2D eigenvalue weighted by Gasteiger charge is -2.32. The van der Waals surface area contributed by atoms with Gasteiger partial charge in [-0.1, -0.05) is 32.1 Å². The van der Waals surface area contributed by atoms with Crippen molar-refractivity contribution in [2.45, 2.75) is 40.0 Å². The number of hydrogen-bond acceptors (Lipinski definition) is 5. The molecule has 3 rings (SSSR count). The minimum absolute atomic E-state index is 0.646. The van der Waals surface area contributed by atoms with Gasteiger partial charge in [-0.25, -0.2) is 0 Å². The lowest BCUT2D eigenvalue weighted by molar-refractivity contribution is 0.0205. The molecular weight excluding hydrogens is 326 g/mol. The summed E-state index contributed by atoms with van der Waals surface area (Å²) in [6, 6.07) is 0. The van der Waals surface area contributed by atoms with Crippen molar-refractivity contribution in [3.05, 3.63) is 24.4 Å². The number of ether oxygens (including phenoxy) is 1. The summed E-state index contributed by atoms with van der Waals surface area (Å²) in [5.74, 6) is 0. The molecule has 26 heavy (non-hydrogen) atoms. The highest BCUT2D eigenvalue weighted by molar-refractivity contribution is 4.93. The van der Waals surface area contributed by atoms with Gasteiger partial charge in [-0.3, -0.25) is 4.90 Å². The van der Waals surface area contributed by atoms with E-state index in [1.165, 1.54) is 32.4 Å². The molecule has 2 N–H and O–H groups in total. The Labute approximate surface area is 163 Å². The molecule has 0 amide bonds. The van der Waals surface area contributed by atoms with Gasteiger partial charge in [0.05, 0.1) is 0 Å². The van der Waals surface area contributed by atoms with Gasteiger partial charge in [0.15, 0.2) is 0 Å². The maximum Gasteiger partial charge on any atom is 0.0471 e. The zero-order valence-electron chi connectivity index (χ0n) is 18.4. The second-order valence-electron chi connectivity index (χ2n) is 6.58. The smallest absolute Gasteiger partial charge is 0.0471 e. The number of aliphatic hydroxyl groups is 1. The van der Waals surface area contributed by atoms with E-state index >= 15 is 0 Å². The van der Waals surface area contributed by atoms with Crippen LogP contribution in [0.5, 0.6) is 0 Å². The normalized spacial score (nSPS) is 20.8. The van der Waals surface area contributed by atoms with Gasteiger partial charge in [0.25, 0.3) is 0 Å². The van der Waals surface area contributed by atoms with Crippen LogP contribution in [0.3, 0.4) is 0 Å². The van der Waals surface area contributed by atoms with Crippen LogP contribution < -0.4 is 5.32 Å². The highest BCUT2D eigenvalue weighted by atomic mass is 16.5. The number of nitrogens with one attached hydrogen (secondary N) is 1. The summed E-state index contributed by atoms with van der Waals surface area (Å²) < 4.78 is 5.37.